The molecule has 2 rings (SSSR count). The molecule has 1 heterocycles. The van der Waals surface area contributed by atoms with Gasteiger partial charge in [-0.1, -0.05) is 12.1 Å². The number of nitrogens with zero attached hydrogens (tertiary/aromatic N) is 3. The Bertz CT molecular complexity index is 604. The lowest BCUT2D eigenvalue weighted by atomic mass is 10.1. The van der Waals surface area contributed by atoms with E-state index in [1.54, 1.807) is 38.4 Å². The van der Waals surface area contributed by atoms with E-state index in [1.807, 2.05) is 17.8 Å². The summed E-state index contributed by atoms with van der Waals surface area (Å²) in [6, 6.07) is 5.15. The van der Waals surface area contributed by atoms with Gasteiger partial charge in [0.2, 0.25) is 0 Å². The first-order chi connectivity index (χ1) is 9.00. The van der Waals surface area contributed by atoms with E-state index in [1.165, 1.54) is 4.90 Å². The fourth-order valence-electron chi connectivity index (χ4n) is 1.87. The fourth-order valence-corrected chi connectivity index (χ4v) is 1.87. The summed E-state index contributed by atoms with van der Waals surface area (Å²) in [4.78, 5) is 18.0. The molecular formula is C14H17N3O2. The summed E-state index contributed by atoms with van der Waals surface area (Å²) in [5.74, 6) is 0.617. The lowest BCUT2D eigenvalue weighted by molar-refractivity contribution is 0.0777. The highest BCUT2D eigenvalue weighted by Crippen LogP contribution is 2.22. The highest BCUT2D eigenvalue weighted by atomic mass is 16.3. The van der Waals surface area contributed by atoms with Gasteiger partial charge in [-0.2, -0.15) is 0 Å². The van der Waals surface area contributed by atoms with Crippen LogP contribution in [-0.4, -0.2) is 32.5 Å². The Morgan fingerprint density at radius 1 is 1.47 bits per heavy atom. The molecular weight excluding hydrogens is 242 g/mol. The Hall–Kier alpha value is -2.30. The van der Waals surface area contributed by atoms with Gasteiger partial charge in [0, 0.05) is 26.5 Å². The van der Waals surface area contributed by atoms with Crippen molar-refractivity contribution in [2.75, 3.05) is 7.05 Å². The number of amides is 1. The normalized spacial score (nSPS) is 10.5. The van der Waals surface area contributed by atoms with Crippen LogP contribution in [0.3, 0.4) is 0 Å². The molecule has 1 N–H and O–H groups in total. The van der Waals surface area contributed by atoms with E-state index in [-0.39, 0.29) is 11.7 Å². The zero-order valence-corrected chi connectivity index (χ0v) is 11.3. The Kier molecular flexibility index (Phi) is 3.55. The first kappa shape index (κ1) is 13.1. The molecule has 0 aliphatic carbocycles. The average Bonchev–Trinajstić information content (AvgIpc) is 2.77. The summed E-state index contributed by atoms with van der Waals surface area (Å²) in [7, 11) is 3.57. The third-order valence-corrected chi connectivity index (χ3v) is 3.11. The molecule has 0 saturated carbocycles. The third kappa shape index (κ3) is 2.59. The minimum atomic E-state index is -0.218. The minimum Gasteiger partial charge on any atom is -0.507 e. The summed E-state index contributed by atoms with van der Waals surface area (Å²) in [6.07, 6.45) is 3.52. The van der Waals surface area contributed by atoms with Gasteiger partial charge in [-0.15, -0.1) is 0 Å². The minimum absolute atomic E-state index is 0.0409. The second-order valence-corrected chi connectivity index (χ2v) is 4.59. The van der Waals surface area contributed by atoms with Crippen molar-refractivity contribution < 1.29 is 9.90 Å². The second-order valence-electron chi connectivity index (χ2n) is 4.59. The molecule has 19 heavy (non-hydrogen) atoms. The smallest absolute Gasteiger partial charge is 0.257 e. The van der Waals surface area contributed by atoms with E-state index in [2.05, 4.69) is 4.98 Å². The summed E-state index contributed by atoms with van der Waals surface area (Å²) in [6.45, 7) is 2.17. The zero-order chi connectivity index (χ0) is 14.0. The molecule has 5 nitrogen and oxygen atoms in total. The molecule has 100 valence electrons. The van der Waals surface area contributed by atoms with Crippen LogP contribution in [0.5, 0.6) is 5.75 Å². The first-order valence-corrected chi connectivity index (χ1v) is 6.01. The summed E-state index contributed by atoms with van der Waals surface area (Å²) in [5, 5.41) is 9.93. The molecule has 0 radical (unpaired) electrons. The fraction of sp³-hybridized carbons (Fsp3) is 0.286. The number of rotatable bonds is 3. The topological polar surface area (TPSA) is 58.4 Å². The van der Waals surface area contributed by atoms with Crippen LogP contribution in [-0.2, 0) is 13.6 Å². The molecule has 5 heteroatoms. The lowest BCUT2D eigenvalue weighted by Gasteiger charge is -2.18. The van der Waals surface area contributed by atoms with Gasteiger partial charge in [0.15, 0.2) is 0 Å². The number of aromatic hydroxyl groups is 1. The maximum absolute atomic E-state index is 12.3. The maximum atomic E-state index is 12.3. The number of phenols is 1. The molecule has 2 aromatic rings. The van der Waals surface area contributed by atoms with E-state index in [0.717, 1.165) is 5.82 Å². The number of aryl methyl sites for hydroxylation is 2. The standard InChI is InChI=1S/C14H17N3O2/c1-10-5-4-6-11(13(10)18)14(19)17(3)9-12-15-7-8-16(12)2/h4-8,18H,9H2,1-3H3. The van der Waals surface area contributed by atoms with Crippen molar-refractivity contribution in [3.63, 3.8) is 0 Å². The number of phenolic OH excluding ortho intramolecular Hbond substituents is 1. The van der Waals surface area contributed by atoms with Crippen molar-refractivity contribution in [1.82, 2.24) is 14.5 Å². The van der Waals surface area contributed by atoms with E-state index >= 15 is 0 Å². The van der Waals surface area contributed by atoms with Crippen molar-refractivity contribution in [2.24, 2.45) is 7.05 Å². The average molecular weight is 259 g/mol. The maximum Gasteiger partial charge on any atom is 0.257 e. The van der Waals surface area contributed by atoms with Crippen LogP contribution in [0.1, 0.15) is 21.7 Å². The van der Waals surface area contributed by atoms with Gasteiger partial charge in [-0.05, 0) is 18.6 Å². The summed E-state index contributed by atoms with van der Waals surface area (Å²) in [5.41, 5.74) is 1.01. The SMILES string of the molecule is Cc1cccc(C(=O)N(C)Cc2nccn2C)c1O. The first-order valence-electron chi connectivity index (χ1n) is 6.01. The molecule has 0 aliphatic heterocycles. The van der Waals surface area contributed by atoms with Gasteiger partial charge in [0.25, 0.3) is 5.91 Å². The van der Waals surface area contributed by atoms with Gasteiger partial charge in [0.1, 0.15) is 11.6 Å². The molecule has 0 fully saturated rings. The predicted molar refractivity (Wildman–Crippen MR) is 71.8 cm³/mol. The molecule has 0 saturated heterocycles. The Labute approximate surface area is 112 Å². The predicted octanol–water partition coefficient (Wildman–Crippen LogP) is 1.71. The van der Waals surface area contributed by atoms with E-state index in [9.17, 15) is 9.90 Å². The van der Waals surface area contributed by atoms with Crippen LogP contribution in [0.25, 0.3) is 0 Å². The van der Waals surface area contributed by atoms with Crippen molar-refractivity contribution >= 4 is 5.91 Å². The second kappa shape index (κ2) is 5.14. The molecule has 1 aromatic heterocycles. The number of carbonyl (C=O) groups excluding carboxylic acids is 1. The van der Waals surface area contributed by atoms with Crippen LogP contribution >= 0.6 is 0 Å². The van der Waals surface area contributed by atoms with Crippen LogP contribution in [0.15, 0.2) is 30.6 Å². The van der Waals surface area contributed by atoms with Crippen molar-refractivity contribution in [3.8, 4) is 5.75 Å². The largest absolute Gasteiger partial charge is 0.507 e. The van der Waals surface area contributed by atoms with Crippen molar-refractivity contribution in [2.45, 2.75) is 13.5 Å². The monoisotopic (exact) mass is 259 g/mol. The van der Waals surface area contributed by atoms with Crippen LogP contribution < -0.4 is 0 Å². The molecule has 0 atom stereocenters. The lowest BCUT2D eigenvalue weighted by Crippen LogP contribution is -2.27. The molecule has 0 unspecified atom stereocenters. The summed E-state index contributed by atoms with van der Waals surface area (Å²) < 4.78 is 1.86. The highest BCUT2D eigenvalue weighted by molar-refractivity contribution is 5.97. The van der Waals surface area contributed by atoms with Crippen molar-refractivity contribution in [1.29, 1.82) is 0 Å². The van der Waals surface area contributed by atoms with Gasteiger partial charge < -0.3 is 14.6 Å². The van der Waals surface area contributed by atoms with Crippen LogP contribution in [0.4, 0.5) is 0 Å². The number of carbonyl (C=O) groups is 1. The number of hydrogen-bond donors (Lipinski definition) is 1. The Morgan fingerprint density at radius 3 is 2.84 bits per heavy atom. The van der Waals surface area contributed by atoms with Crippen LogP contribution in [0, 0.1) is 6.92 Å². The van der Waals surface area contributed by atoms with Gasteiger partial charge >= 0.3 is 0 Å². The Morgan fingerprint density at radius 2 is 2.21 bits per heavy atom. The molecule has 0 aliphatic rings. The number of aromatic nitrogens is 2. The zero-order valence-electron chi connectivity index (χ0n) is 11.3. The van der Waals surface area contributed by atoms with E-state index in [4.69, 9.17) is 0 Å². The summed E-state index contributed by atoms with van der Waals surface area (Å²) >= 11 is 0. The highest BCUT2D eigenvalue weighted by Gasteiger charge is 2.17. The Balaban J connectivity index is 2.20. The number of imidazole rings is 1. The number of hydrogen-bond acceptors (Lipinski definition) is 3. The van der Waals surface area contributed by atoms with Gasteiger partial charge in [-0.3, -0.25) is 4.79 Å². The molecule has 0 spiro atoms. The van der Waals surface area contributed by atoms with Crippen molar-refractivity contribution in [3.05, 3.63) is 47.5 Å². The molecule has 0 bridgehead atoms. The van der Waals surface area contributed by atoms with Gasteiger partial charge in [-0.25, -0.2) is 4.98 Å². The van der Waals surface area contributed by atoms with E-state index in [0.29, 0.717) is 17.7 Å². The third-order valence-electron chi connectivity index (χ3n) is 3.11. The number of para-hydroxylation sites is 1. The van der Waals surface area contributed by atoms with Gasteiger partial charge in [0.05, 0.1) is 12.1 Å². The van der Waals surface area contributed by atoms with E-state index < -0.39 is 0 Å². The molecule has 1 amide bonds. The number of benzene rings is 1. The van der Waals surface area contributed by atoms with Crippen LogP contribution in [0.2, 0.25) is 0 Å². The molecule has 1 aromatic carbocycles. The quantitative estimate of drug-likeness (QED) is 0.912.